The van der Waals surface area contributed by atoms with Crippen LogP contribution in [0.15, 0.2) is 66.7 Å². The molecule has 10 heteroatoms. The molecule has 4 rings (SSSR count). The third-order valence-corrected chi connectivity index (χ3v) is 7.13. The lowest BCUT2D eigenvalue weighted by atomic mass is 9.99. The smallest absolute Gasteiger partial charge is 0.323 e. The molecule has 0 aliphatic carbocycles. The zero-order valence-electron chi connectivity index (χ0n) is 23.8. The first-order valence-corrected chi connectivity index (χ1v) is 13.5. The van der Waals surface area contributed by atoms with Crippen LogP contribution >= 0.6 is 0 Å². The van der Waals surface area contributed by atoms with E-state index in [1.165, 1.54) is 24.3 Å². The highest BCUT2D eigenvalue weighted by atomic mass is 19.1. The number of rotatable bonds is 9. The number of hydrogen-bond donors (Lipinski definition) is 3. The van der Waals surface area contributed by atoms with Gasteiger partial charge in [0.25, 0.3) is 5.91 Å². The Kier molecular flexibility index (Phi) is 9.80. The summed E-state index contributed by atoms with van der Waals surface area (Å²) in [5.74, 6) is 0.482. The number of anilines is 2. The summed E-state index contributed by atoms with van der Waals surface area (Å²) in [4.78, 5) is 30.1. The van der Waals surface area contributed by atoms with Crippen LogP contribution in [0.1, 0.15) is 29.8 Å². The van der Waals surface area contributed by atoms with Gasteiger partial charge in [0, 0.05) is 36.9 Å². The van der Waals surface area contributed by atoms with Gasteiger partial charge in [-0.25, -0.2) is 9.18 Å². The minimum Gasteiger partial charge on any atom is -0.497 e. The Hall–Kier alpha value is -4.15. The van der Waals surface area contributed by atoms with Gasteiger partial charge in [-0.2, -0.15) is 0 Å². The van der Waals surface area contributed by atoms with Crippen LogP contribution in [0, 0.1) is 11.7 Å². The minimum absolute atomic E-state index is 0.0290. The first kappa shape index (κ1) is 29.8. The number of likely N-dealkylation sites (N-methyl/N-ethyl adjacent to an activating group) is 1. The van der Waals surface area contributed by atoms with Gasteiger partial charge in [0.2, 0.25) is 0 Å². The van der Waals surface area contributed by atoms with Crippen molar-refractivity contribution in [1.29, 1.82) is 0 Å². The van der Waals surface area contributed by atoms with Gasteiger partial charge in [0.1, 0.15) is 23.4 Å². The van der Waals surface area contributed by atoms with Crippen LogP contribution in [0.4, 0.5) is 20.6 Å². The molecule has 0 bridgehead atoms. The Morgan fingerprint density at radius 1 is 1.12 bits per heavy atom. The second-order valence-corrected chi connectivity index (χ2v) is 10.5. The SMILES string of the molecule is COc1ccc(CN(C)C[C@H]2Oc3ccc(NC(=O)Nc4ccc(F)cc4)cc3C(=O)N([C@@H](C)CO)C[C@H]2C)cc1. The molecule has 218 valence electrons. The van der Waals surface area contributed by atoms with Crippen molar-refractivity contribution in [3.8, 4) is 11.5 Å². The van der Waals surface area contributed by atoms with Crippen molar-refractivity contribution in [2.24, 2.45) is 5.92 Å². The lowest BCUT2D eigenvalue weighted by Gasteiger charge is -2.38. The Balaban J connectivity index is 1.54. The Morgan fingerprint density at radius 2 is 1.78 bits per heavy atom. The van der Waals surface area contributed by atoms with Crippen molar-refractivity contribution in [2.75, 3.05) is 44.5 Å². The van der Waals surface area contributed by atoms with Crippen LogP contribution in [0.5, 0.6) is 11.5 Å². The molecule has 9 nitrogen and oxygen atoms in total. The van der Waals surface area contributed by atoms with Crippen molar-refractivity contribution in [1.82, 2.24) is 9.80 Å². The molecule has 41 heavy (non-hydrogen) atoms. The Morgan fingerprint density at radius 3 is 2.44 bits per heavy atom. The van der Waals surface area contributed by atoms with E-state index < -0.39 is 17.9 Å². The molecule has 0 fully saturated rings. The number of halogens is 1. The highest BCUT2D eigenvalue weighted by Crippen LogP contribution is 2.31. The first-order valence-electron chi connectivity index (χ1n) is 13.5. The number of hydrogen-bond acceptors (Lipinski definition) is 6. The molecule has 1 aliphatic rings. The van der Waals surface area contributed by atoms with E-state index in [1.807, 2.05) is 38.2 Å². The number of benzene rings is 3. The lowest BCUT2D eigenvalue weighted by Crippen LogP contribution is -2.49. The number of fused-ring (bicyclic) bond motifs is 1. The Labute approximate surface area is 239 Å². The highest BCUT2D eigenvalue weighted by molar-refractivity contribution is 6.02. The molecule has 1 aliphatic heterocycles. The molecule has 3 aromatic carbocycles. The summed E-state index contributed by atoms with van der Waals surface area (Å²) in [5.41, 5.74) is 2.24. The topological polar surface area (TPSA) is 103 Å². The quantitative estimate of drug-likeness (QED) is 0.344. The predicted octanol–water partition coefficient (Wildman–Crippen LogP) is 4.83. The van der Waals surface area contributed by atoms with E-state index in [1.54, 1.807) is 37.1 Å². The summed E-state index contributed by atoms with van der Waals surface area (Å²) in [7, 11) is 3.66. The van der Waals surface area contributed by atoms with E-state index in [2.05, 4.69) is 15.5 Å². The molecule has 0 radical (unpaired) electrons. The van der Waals surface area contributed by atoms with E-state index >= 15 is 0 Å². The normalized spacial score (nSPS) is 17.6. The van der Waals surface area contributed by atoms with Gasteiger partial charge in [-0.3, -0.25) is 9.69 Å². The number of nitrogens with one attached hydrogen (secondary N) is 2. The maximum atomic E-state index is 13.7. The summed E-state index contributed by atoms with van der Waals surface area (Å²) in [6.45, 7) is 5.35. The number of ether oxygens (including phenoxy) is 2. The molecule has 3 N–H and O–H groups in total. The van der Waals surface area contributed by atoms with Crippen molar-refractivity contribution in [3.05, 3.63) is 83.7 Å². The highest BCUT2D eigenvalue weighted by Gasteiger charge is 2.33. The molecular weight excluding hydrogens is 527 g/mol. The van der Waals surface area contributed by atoms with Crippen molar-refractivity contribution < 1.29 is 28.6 Å². The number of amides is 3. The van der Waals surface area contributed by atoms with Gasteiger partial charge in [-0.05, 0) is 74.1 Å². The number of aliphatic hydroxyl groups excluding tert-OH is 1. The number of methoxy groups -OCH3 is 1. The zero-order chi connectivity index (χ0) is 29.5. The number of aliphatic hydroxyl groups is 1. The van der Waals surface area contributed by atoms with Crippen LogP contribution in [0.25, 0.3) is 0 Å². The number of carbonyl (C=O) groups is 2. The van der Waals surface area contributed by atoms with E-state index in [0.29, 0.717) is 42.3 Å². The average Bonchev–Trinajstić information content (AvgIpc) is 2.96. The van der Waals surface area contributed by atoms with Crippen molar-refractivity contribution in [3.63, 3.8) is 0 Å². The molecule has 0 aromatic heterocycles. The van der Waals surface area contributed by atoms with E-state index in [-0.39, 0.29) is 24.5 Å². The van der Waals surface area contributed by atoms with Gasteiger partial charge in [0.05, 0.1) is 25.3 Å². The van der Waals surface area contributed by atoms with Gasteiger partial charge < -0.3 is 30.1 Å². The molecule has 3 amide bonds. The number of urea groups is 1. The largest absolute Gasteiger partial charge is 0.497 e. The van der Waals surface area contributed by atoms with Crippen LogP contribution in [0.2, 0.25) is 0 Å². The maximum absolute atomic E-state index is 13.7. The molecule has 0 saturated carbocycles. The molecule has 3 atom stereocenters. The number of carbonyl (C=O) groups excluding carboxylic acids is 2. The second-order valence-electron chi connectivity index (χ2n) is 10.5. The van der Waals surface area contributed by atoms with Gasteiger partial charge in [-0.15, -0.1) is 0 Å². The van der Waals surface area contributed by atoms with Gasteiger partial charge in [-0.1, -0.05) is 19.1 Å². The van der Waals surface area contributed by atoms with Crippen LogP contribution in [0.3, 0.4) is 0 Å². The van der Waals surface area contributed by atoms with Crippen LogP contribution in [-0.4, -0.2) is 72.8 Å². The summed E-state index contributed by atoms with van der Waals surface area (Å²) in [6.07, 6.45) is -0.251. The fraction of sp³-hybridized carbons (Fsp3) is 0.355. The summed E-state index contributed by atoms with van der Waals surface area (Å²) in [5, 5.41) is 15.3. The summed E-state index contributed by atoms with van der Waals surface area (Å²) >= 11 is 0. The molecule has 0 saturated heterocycles. The molecule has 1 heterocycles. The summed E-state index contributed by atoms with van der Waals surface area (Å²) in [6, 6.07) is 17.3. The first-order chi connectivity index (χ1) is 19.7. The molecule has 0 unspecified atom stereocenters. The molecule has 3 aromatic rings. The fourth-order valence-corrected chi connectivity index (χ4v) is 4.76. The Bertz CT molecular complexity index is 1340. The third kappa shape index (κ3) is 7.74. The van der Waals surface area contributed by atoms with Crippen LogP contribution in [-0.2, 0) is 6.54 Å². The third-order valence-electron chi connectivity index (χ3n) is 7.13. The standard InChI is InChI=1S/C31H37FN4O5/c1-20-16-36(21(2)19-37)30(38)27-15-25(34-31(39)33-24-9-7-23(32)8-10-24)11-14-28(27)41-29(20)18-35(3)17-22-5-12-26(40-4)13-6-22/h5-15,20-21,29,37H,16-19H2,1-4H3,(H2,33,34,39)/t20-,21+,29-/m1/s1. The molecular formula is C31H37FN4O5. The summed E-state index contributed by atoms with van der Waals surface area (Å²) < 4.78 is 24.9. The van der Waals surface area contributed by atoms with E-state index in [4.69, 9.17) is 9.47 Å². The average molecular weight is 565 g/mol. The van der Waals surface area contributed by atoms with Gasteiger partial charge >= 0.3 is 6.03 Å². The maximum Gasteiger partial charge on any atom is 0.323 e. The van der Waals surface area contributed by atoms with E-state index in [9.17, 15) is 19.1 Å². The second kappa shape index (κ2) is 13.5. The molecule has 0 spiro atoms. The lowest BCUT2D eigenvalue weighted by molar-refractivity contribution is 0.0341. The predicted molar refractivity (Wildman–Crippen MR) is 156 cm³/mol. The van der Waals surface area contributed by atoms with Gasteiger partial charge in [0.15, 0.2) is 0 Å². The fourth-order valence-electron chi connectivity index (χ4n) is 4.76. The van der Waals surface area contributed by atoms with E-state index in [0.717, 1.165) is 11.3 Å². The van der Waals surface area contributed by atoms with Crippen molar-refractivity contribution >= 4 is 23.3 Å². The van der Waals surface area contributed by atoms with Crippen molar-refractivity contribution in [2.45, 2.75) is 32.5 Å². The number of nitrogens with zero attached hydrogens (tertiary/aromatic N) is 2. The minimum atomic E-state index is -0.539. The zero-order valence-corrected chi connectivity index (χ0v) is 23.8. The van der Waals surface area contributed by atoms with Crippen LogP contribution < -0.4 is 20.1 Å². The monoisotopic (exact) mass is 564 g/mol.